The van der Waals surface area contributed by atoms with E-state index in [1.54, 1.807) is 6.20 Å². The van der Waals surface area contributed by atoms with E-state index in [0.29, 0.717) is 0 Å². The summed E-state index contributed by atoms with van der Waals surface area (Å²) in [6, 6.07) is 1.98. The molecule has 1 fully saturated rings. The quantitative estimate of drug-likeness (QED) is 0.842. The largest absolute Gasteiger partial charge is 0.342 e. The lowest BCUT2D eigenvalue weighted by Crippen LogP contribution is -2.44. The Hall–Kier alpha value is -2.24. The van der Waals surface area contributed by atoms with E-state index in [1.807, 2.05) is 48.8 Å². The molecule has 1 amide bonds. The minimum Gasteiger partial charge on any atom is -0.342 e. The number of hydrogen-bond donors (Lipinski definition) is 0. The minimum atomic E-state index is -0.338. The van der Waals surface area contributed by atoms with Gasteiger partial charge in [-0.15, -0.1) is 0 Å². The van der Waals surface area contributed by atoms with Gasteiger partial charge in [-0.1, -0.05) is 27.7 Å². The Morgan fingerprint density at radius 1 is 1.27 bits per heavy atom. The minimum absolute atomic E-state index is 0.218. The van der Waals surface area contributed by atoms with Gasteiger partial charge in [0.05, 0.1) is 17.6 Å². The molecule has 140 valence electrons. The van der Waals surface area contributed by atoms with Gasteiger partial charge in [0.25, 0.3) is 0 Å². The highest BCUT2D eigenvalue weighted by molar-refractivity contribution is 5.81. The maximum absolute atomic E-state index is 12.6. The van der Waals surface area contributed by atoms with Gasteiger partial charge in [0.1, 0.15) is 5.69 Å². The zero-order chi connectivity index (χ0) is 18.7. The molecule has 3 rings (SSSR count). The van der Waals surface area contributed by atoms with Crippen molar-refractivity contribution in [3.8, 4) is 11.4 Å². The second kappa shape index (κ2) is 7.56. The van der Waals surface area contributed by atoms with Gasteiger partial charge in [-0.3, -0.25) is 19.4 Å². The summed E-state index contributed by atoms with van der Waals surface area (Å²) in [4.78, 5) is 23.9. The highest BCUT2D eigenvalue weighted by atomic mass is 16.2. The van der Waals surface area contributed by atoms with Crippen LogP contribution in [0.4, 0.5) is 0 Å². The van der Waals surface area contributed by atoms with E-state index in [2.05, 4.69) is 22.0 Å². The second-order valence-electron chi connectivity index (χ2n) is 8.11. The fraction of sp³-hybridized carbons (Fsp3) is 0.600. The Morgan fingerprint density at radius 2 is 2.08 bits per heavy atom. The van der Waals surface area contributed by atoms with Gasteiger partial charge in [0.2, 0.25) is 5.91 Å². The van der Waals surface area contributed by atoms with Crippen LogP contribution in [-0.2, 0) is 11.3 Å². The number of aryl methyl sites for hydroxylation is 1. The lowest BCUT2D eigenvalue weighted by atomic mass is 9.90. The number of piperidine rings is 1. The summed E-state index contributed by atoms with van der Waals surface area (Å²) in [6.07, 6.45) is 8.60. The molecule has 0 aromatic carbocycles. The first-order valence-corrected chi connectivity index (χ1v) is 9.53. The summed E-state index contributed by atoms with van der Waals surface area (Å²) in [5, 5.41) is 4.35. The van der Waals surface area contributed by atoms with Crippen molar-refractivity contribution in [3.63, 3.8) is 0 Å². The van der Waals surface area contributed by atoms with E-state index >= 15 is 0 Å². The predicted octanol–water partition coefficient (Wildman–Crippen LogP) is 3.50. The molecule has 2 aromatic heterocycles. The average Bonchev–Trinajstić information content (AvgIpc) is 3.09. The zero-order valence-corrected chi connectivity index (χ0v) is 16.3. The maximum Gasteiger partial charge on any atom is 0.227 e. The molecule has 1 atom stereocenters. The van der Waals surface area contributed by atoms with Gasteiger partial charge in [-0.2, -0.15) is 5.10 Å². The molecule has 3 heterocycles. The maximum atomic E-state index is 12.6. The summed E-state index contributed by atoms with van der Waals surface area (Å²) < 4.78 is 1.97. The van der Waals surface area contributed by atoms with Crippen molar-refractivity contribution < 1.29 is 4.79 Å². The number of carbonyl (C=O) groups excluding carboxylic acids is 1. The standard InChI is InChI=1S/C20H29N5O/c1-5-10-25-18(8-9-23-25)17-13-21-16(12-22-17)15-7-6-11-24(14-15)19(26)20(2,3)4/h8-9,12-13,15H,5-7,10-11,14H2,1-4H3/t15-/m1/s1. The topological polar surface area (TPSA) is 63.9 Å². The van der Waals surface area contributed by atoms with E-state index in [0.717, 1.165) is 56.0 Å². The fourth-order valence-corrected chi connectivity index (χ4v) is 3.50. The number of likely N-dealkylation sites (tertiary alicyclic amines) is 1. The first kappa shape index (κ1) is 18.5. The second-order valence-corrected chi connectivity index (χ2v) is 8.11. The third-order valence-corrected chi connectivity index (χ3v) is 4.85. The summed E-state index contributed by atoms with van der Waals surface area (Å²) in [6.45, 7) is 10.5. The molecule has 6 nitrogen and oxygen atoms in total. The van der Waals surface area contributed by atoms with E-state index in [4.69, 9.17) is 0 Å². The number of nitrogens with zero attached hydrogens (tertiary/aromatic N) is 5. The van der Waals surface area contributed by atoms with Crippen LogP contribution in [0.3, 0.4) is 0 Å². The molecular weight excluding hydrogens is 326 g/mol. The summed E-state index contributed by atoms with van der Waals surface area (Å²) >= 11 is 0. The molecule has 0 aliphatic carbocycles. The van der Waals surface area contributed by atoms with Gasteiger partial charge in [-0.05, 0) is 25.3 Å². The first-order chi connectivity index (χ1) is 12.4. The fourth-order valence-electron chi connectivity index (χ4n) is 3.50. The Labute approximate surface area is 155 Å². The van der Waals surface area contributed by atoms with Crippen LogP contribution < -0.4 is 0 Å². The van der Waals surface area contributed by atoms with Crippen LogP contribution >= 0.6 is 0 Å². The number of carbonyl (C=O) groups is 1. The van der Waals surface area contributed by atoms with Crippen LogP contribution in [0.1, 0.15) is 58.6 Å². The number of hydrogen-bond acceptors (Lipinski definition) is 4. The molecule has 1 aliphatic rings. The number of rotatable bonds is 4. The lowest BCUT2D eigenvalue weighted by Gasteiger charge is -2.36. The molecule has 0 N–H and O–H groups in total. The van der Waals surface area contributed by atoms with Crippen LogP contribution in [0.25, 0.3) is 11.4 Å². The molecule has 0 spiro atoms. The highest BCUT2D eigenvalue weighted by Crippen LogP contribution is 2.29. The van der Waals surface area contributed by atoms with Crippen LogP contribution in [0, 0.1) is 5.41 Å². The Morgan fingerprint density at radius 3 is 2.73 bits per heavy atom. The molecular formula is C20H29N5O. The third kappa shape index (κ3) is 3.94. The van der Waals surface area contributed by atoms with Crippen molar-refractivity contribution in [2.45, 2.75) is 59.4 Å². The third-order valence-electron chi connectivity index (χ3n) is 4.85. The van der Waals surface area contributed by atoms with Gasteiger partial charge in [-0.25, -0.2) is 0 Å². The Bertz CT molecular complexity index is 744. The van der Waals surface area contributed by atoms with Crippen molar-refractivity contribution in [1.29, 1.82) is 0 Å². The van der Waals surface area contributed by atoms with Gasteiger partial charge < -0.3 is 4.90 Å². The monoisotopic (exact) mass is 355 g/mol. The Balaban J connectivity index is 1.74. The molecule has 1 aliphatic heterocycles. The van der Waals surface area contributed by atoms with Crippen LogP contribution in [0.15, 0.2) is 24.7 Å². The first-order valence-electron chi connectivity index (χ1n) is 9.53. The van der Waals surface area contributed by atoms with E-state index in [1.165, 1.54) is 0 Å². The molecule has 0 bridgehead atoms. The van der Waals surface area contributed by atoms with Crippen LogP contribution in [-0.4, -0.2) is 43.6 Å². The van der Waals surface area contributed by atoms with E-state index in [-0.39, 0.29) is 17.2 Å². The number of amides is 1. The molecule has 1 saturated heterocycles. The van der Waals surface area contributed by atoms with Crippen molar-refractivity contribution in [3.05, 3.63) is 30.4 Å². The summed E-state index contributed by atoms with van der Waals surface area (Å²) in [5.41, 5.74) is 2.48. The van der Waals surface area contributed by atoms with Gasteiger partial charge >= 0.3 is 0 Å². The van der Waals surface area contributed by atoms with Crippen molar-refractivity contribution in [1.82, 2.24) is 24.6 Å². The molecule has 26 heavy (non-hydrogen) atoms. The smallest absolute Gasteiger partial charge is 0.227 e. The van der Waals surface area contributed by atoms with E-state index in [9.17, 15) is 4.79 Å². The molecule has 6 heteroatoms. The summed E-state index contributed by atoms with van der Waals surface area (Å²) in [5.74, 6) is 0.479. The van der Waals surface area contributed by atoms with Crippen molar-refractivity contribution in [2.24, 2.45) is 5.41 Å². The van der Waals surface area contributed by atoms with Crippen LogP contribution in [0.5, 0.6) is 0 Å². The van der Waals surface area contributed by atoms with Crippen molar-refractivity contribution in [2.75, 3.05) is 13.1 Å². The van der Waals surface area contributed by atoms with Gasteiger partial charge in [0.15, 0.2) is 0 Å². The molecule has 0 saturated carbocycles. The molecule has 0 unspecified atom stereocenters. The zero-order valence-electron chi connectivity index (χ0n) is 16.3. The summed E-state index contributed by atoms with van der Waals surface area (Å²) in [7, 11) is 0. The predicted molar refractivity (Wildman–Crippen MR) is 102 cm³/mol. The van der Waals surface area contributed by atoms with E-state index < -0.39 is 0 Å². The number of aromatic nitrogens is 4. The highest BCUT2D eigenvalue weighted by Gasteiger charge is 2.32. The molecule has 0 radical (unpaired) electrons. The van der Waals surface area contributed by atoms with Gasteiger partial charge in [0, 0.05) is 43.4 Å². The van der Waals surface area contributed by atoms with Crippen molar-refractivity contribution >= 4 is 5.91 Å². The Kier molecular flexibility index (Phi) is 5.39. The average molecular weight is 355 g/mol. The molecule has 2 aromatic rings. The SMILES string of the molecule is CCCn1nccc1-c1cnc([C@@H]2CCCN(C(=O)C(C)(C)C)C2)cn1. The van der Waals surface area contributed by atoms with Crippen LogP contribution in [0.2, 0.25) is 0 Å². The lowest BCUT2D eigenvalue weighted by molar-refractivity contribution is -0.140. The normalized spacial score (nSPS) is 18.2.